The second kappa shape index (κ2) is 11.3. The van der Waals surface area contributed by atoms with E-state index < -0.39 is 0 Å². The van der Waals surface area contributed by atoms with Crippen LogP contribution in [0.4, 0.5) is 5.69 Å². The molecular weight excluding hydrogens is 566 g/mol. The summed E-state index contributed by atoms with van der Waals surface area (Å²) in [5.74, 6) is 2.07. The lowest BCUT2D eigenvalue weighted by molar-refractivity contribution is -0.117. The molecule has 3 N–H and O–H groups in total. The van der Waals surface area contributed by atoms with Crippen LogP contribution in [0, 0.1) is 20.8 Å². The van der Waals surface area contributed by atoms with Crippen molar-refractivity contribution in [3.8, 4) is 28.1 Å². The van der Waals surface area contributed by atoms with Crippen molar-refractivity contribution in [2.24, 2.45) is 0 Å². The quantitative estimate of drug-likeness (QED) is 0.208. The Morgan fingerprint density at radius 3 is 2.47 bits per heavy atom. The predicted molar refractivity (Wildman–Crippen MR) is 178 cm³/mol. The van der Waals surface area contributed by atoms with Gasteiger partial charge in [-0.3, -0.25) is 9.69 Å². The molecule has 3 aromatic heterocycles. The largest absolute Gasteiger partial charge is 0.496 e. The summed E-state index contributed by atoms with van der Waals surface area (Å²) in [5.41, 5.74) is 6.81. The third-order valence-corrected chi connectivity index (χ3v) is 8.64. The Kier molecular flexibility index (Phi) is 7.26. The van der Waals surface area contributed by atoms with Gasteiger partial charge in [0.05, 0.1) is 36.0 Å². The maximum absolute atomic E-state index is 13.2. The number of aromatic amines is 1. The van der Waals surface area contributed by atoms with Gasteiger partial charge in [-0.25, -0.2) is 9.97 Å². The molecule has 1 amide bonds. The first-order valence-electron chi connectivity index (χ1n) is 15.3. The van der Waals surface area contributed by atoms with E-state index in [2.05, 4.69) is 51.7 Å². The number of piperazine rings is 1. The smallest absolute Gasteiger partial charge is 0.238 e. The van der Waals surface area contributed by atoms with E-state index in [4.69, 9.17) is 19.2 Å². The van der Waals surface area contributed by atoms with Crippen molar-refractivity contribution >= 4 is 44.3 Å². The van der Waals surface area contributed by atoms with Crippen LogP contribution in [-0.2, 0) is 4.79 Å². The number of H-pyrrole nitrogens is 1. The molecule has 0 aliphatic carbocycles. The van der Waals surface area contributed by atoms with Crippen LogP contribution in [-0.4, -0.2) is 69.7 Å². The molecule has 0 saturated carbocycles. The Morgan fingerprint density at radius 2 is 1.76 bits per heavy atom. The van der Waals surface area contributed by atoms with Gasteiger partial charge in [0, 0.05) is 58.3 Å². The van der Waals surface area contributed by atoms with Gasteiger partial charge >= 0.3 is 0 Å². The van der Waals surface area contributed by atoms with Crippen LogP contribution in [0.5, 0.6) is 5.75 Å². The van der Waals surface area contributed by atoms with Gasteiger partial charge in [-0.2, -0.15) is 0 Å². The summed E-state index contributed by atoms with van der Waals surface area (Å²) < 4.78 is 11.4. The van der Waals surface area contributed by atoms with E-state index in [0.29, 0.717) is 30.2 Å². The van der Waals surface area contributed by atoms with Crippen LogP contribution in [0.1, 0.15) is 31.1 Å². The molecule has 1 saturated heterocycles. The van der Waals surface area contributed by atoms with Gasteiger partial charge in [-0.15, -0.1) is 0 Å². The summed E-state index contributed by atoms with van der Waals surface area (Å²) >= 11 is 0. The van der Waals surface area contributed by atoms with E-state index >= 15 is 0 Å². The Hall–Kier alpha value is -4.80. The number of aromatic nitrogens is 4. The number of methoxy groups -OCH3 is 1. The Balaban J connectivity index is 1.33. The van der Waals surface area contributed by atoms with Crippen LogP contribution in [0.25, 0.3) is 55.1 Å². The van der Waals surface area contributed by atoms with E-state index in [1.807, 2.05) is 57.2 Å². The number of hydrogen-bond donors (Lipinski definition) is 3. The van der Waals surface area contributed by atoms with Crippen LogP contribution < -0.4 is 15.4 Å². The maximum Gasteiger partial charge on any atom is 0.238 e. The fraction of sp³-hybridized carbons (Fsp3) is 0.314. The first kappa shape index (κ1) is 28.9. The molecule has 0 unspecified atom stereocenters. The Bertz CT molecular complexity index is 2070. The summed E-state index contributed by atoms with van der Waals surface area (Å²) in [7, 11) is 1.67. The van der Waals surface area contributed by atoms with E-state index in [1.165, 1.54) is 0 Å². The average molecular weight is 604 g/mol. The normalized spacial score (nSPS) is 17.4. The van der Waals surface area contributed by atoms with E-state index in [1.54, 1.807) is 7.11 Å². The number of aryl methyl sites for hydroxylation is 3. The van der Waals surface area contributed by atoms with Crippen molar-refractivity contribution in [1.82, 2.24) is 30.3 Å². The first-order valence-corrected chi connectivity index (χ1v) is 15.3. The lowest BCUT2D eigenvalue weighted by Gasteiger charge is -2.35. The van der Waals surface area contributed by atoms with Gasteiger partial charge < -0.3 is 24.9 Å². The number of anilines is 1. The van der Waals surface area contributed by atoms with Crippen molar-refractivity contribution in [3.63, 3.8) is 0 Å². The van der Waals surface area contributed by atoms with Crippen molar-refractivity contribution in [2.75, 3.05) is 32.1 Å². The Labute approximate surface area is 261 Å². The number of nitrogens with one attached hydrogen (secondary N) is 3. The van der Waals surface area contributed by atoms with Crippen LogP contribution in [0.3, 0.4) is 0 Å². The zero-order chi connectivity index (χ0) is 31.4. The maximum atomic E-state index is 13.2. The second-order valence-electron chi connectivity index (χ2n) is 12.2. The Morgan fingerprint density at radius 1 is 1.00 bits per heavy atom. The molecular formula is C35H37N7O3. The number of nitrogens with zero attached hydrogens (tertiary/aromatic N) is 4. The predicted octanol–water partition coefficient (Wildman–Crippen LogP) is 6.14. The molecule has 1 aliphatic heterocycles. The molecule has 2 atom stereocenters. The highest BCUT2D eigenvalue weighted by molar-refractivity contribution is 6.17. The van der Waals surface area contributed by atoms with Crippen molar-refractivity contribution < 1.29 is 14.1 Å². The molecule has 0 radical (unpaired) electrons. The minimum atomic E-state index is -0.0210. The molecule has 3 aromatic carbocycles. The van der Waals surface area contributed by atoms with Crippen LogP contribution >= 0.6 is 0 Å². The zero-order valence-electron chi connectivity index (χ0n) is 26.4. The van der Waals surface area contributed by atoms with Gasteiger partial charge in [0.25, 0.3) is 0 Å². The van der Waals surface area contributed by atoms with Crippen molar-refractivity contribution in [1.29, 1.82) is 0 Å². The molecule has 10 nitrogen and oxygen atoms in total. The highest BCUT2D eigenvalue weighted by atomic mass is 16.5. The standard InChI is InChI=1S/C35H37N7O3/c1-18-15-42(16-19(2)36-18)17-31(43)39-28-12-11-25(23-9-7-8-10-24(23)28)34-33-26-14-30(44-6)27(32-20(3)41-45-21(32)4)13-29(26)40-35(33)38-22(5)37-34/h7-14,18-19,36H,15-17H2,1-6H3,(H,39,43)(H,37,38,40)/t18-,19+. The molecule has 1 fully saturated rings. The lowest BCUT2D eigenvalue weighted by atomic mass is 9.97. The number of benzene rings is 3. The number of amides is 1. The van der Waals surface area contributed by atoms with Crippen molar-refractivity contribution in [2.45, 2.75) is 46.7 Å². The van der Waals surface area contributed by atoms with Crippen LogP contribution in [0.15, 0.2) is 53.1 Å². The number of carbonyl (C=O) groups excluding carboxylic acids is 1. The first-order chi connectivity index (χ1) is 21.7. The molecule has 4 heterocycles. The number of ether oxygens (including phenoxy) is 1. The van der Waals surface area contributed by atoms with E-state index in [-0.39, 0.29) is 5.91 Å². The lowest BCUT2D eigenvalue weighted by Crippen LogP contribution is -2.55. The highest BCUT2D eigenvalue weighted by Crippen LogP contribution is 2.42. The number of hydrogen-bond acceptors (Lipinski definition) is 8. The molecule has 10 heteroatoms. The minimum absolute atomic E-state index is 0.0210. The molecule has 7 rings (SSSR count). The number of fused-ring (bicyclic) bond motifs is 4. The summed E-state index contributed by atoms with van der Waals surface area (Å²) in [5, 5.41) is 14.7. The monoisotopic (exact) mass is 603 g/mol. The fourth-order valence-corrected chi connectivity index (χ4v) is 6.94. The number of rotatable bonds is 6. The van der Waals surface area contributed by atoms with Gasteiger partial charge in [-0.05, 0) is 58.2 Å². The molecule has 6 aromatic rings. The summed E-state index contributed by atoms with van der Waals surface area (Å²) in [6.07, 6.45) is 0. The average Bonchev–Trinajstić information content (AvgIpc) is 3.53. The highest BCUT2D eigenvalue weighted by Gasteiger charge is 2.24. The van der Waals surface area contributed by atoms with E-state index in [9.17, 15) is 4.79 Å². The summed E-state index contributed by atoms with van der Waals surface area (Å²) in [4.78, 5) is 28.7. The minimum Gasteiger partial charge on any atom is -0.496 e. The topological polar surface area (TPSA) is 121 Å². The molecule has 230 valence electrons. The van der Waals surface area contributed by atoms with Gasteiger partial charge in [0.15, 0.2) is 0 Å². The second-order valence-corrected chi connectivity index (χ2v) is 12.2. The fourth-order valence-electron chi connectivity index (χ4n) is 6.94. The van der Waals surface area contributed by atoms with E-state index in [0.717, 1.165) is 85.3 Å². The van der Waals surface area contributed by atoms with Crippen molar-refractivity contribution in [3.05, 3.63) is 65.8 Å². The van der Waals surface area contributed by atoms with Gasteiger partial charge in [0.1, 0.15) is 23.0 Å². The zero-order valence-corrected chi connectivity index (χ0v) is 26.4. The third-order valence-electron chi connectivity index (χ3n) is 8.64. The third kappa shape index (κ3) is 5.19. The molecule has 0 spiro atoms. The summed E-state index contributed by atoms with van der Waals surface area (Å²) in [6.45, 7) is 12.1. The van der Waals surface area contributed by atoms with Gasteiger partial charge in [-0.1, -0.05) is 35.5 Å². The molecule has 1 aliphatic rings. The number of carbonyl (C=O) groups is 1. The molecule has 0 bridgehead atoms. The molecule has 45 heavy (non-hydrogen) atoms. The SMILES string of the molecule is COc1cc2c(cc1-c1c(C)noc1C)[nH]c1nc(C)nc(-c3ccc(NC(=O)CN4C[C@@H](C)N[C@@H](C)C4)c4ccccc34)c12. The van der Waals surface area contributed by atoms with Gasteiger partial charge in [0.2, 0.25) is 5.91 Å². The summed E-state index contributed by atoms with van der Waals surface area (Å²) in [6, 6.07) is 17.0. The van der Waals surface area contributed by atoms with Crippen LogP contribution in [0.2, 0.25) is 0 Å².